The van der Waals surface area contributed by atoms with Gasteiger partial charge in [-0.3, -0.25) is 4.79 Å². The van der Waals surface area contributed by atoms with E-state index in [1.807, 2.05) is 0 Å². The lowest BCUT2D eigenvalue weighted by atomic mass is 10.0. The number of hydrogen-bond acceptors (Lipinski definition) is 2. The van der Waals surface area contributed by atoms with Crippen molar-refractivity contribution in [2.45, 2.75) is 38.1 Å². The Morgan fingerprint density at radius 3 is 2.83 bits per heavy atom. The van der Waals surface area contributed by atoms with Gasteiger partial charge in [0, 0.05) is 6.42 Å². The fourth-order valence-corrected chi connectivity index (χ4v) is 1.33. The lowest BCUT2D eigenvalue weighted by molar-refractivity contribution is -0.142. The SMILES string of the molecule is O=C1CCCCCC(C(=O)O)N1. The average Bonchev–Trinajstić information content (AvgIpc) is 1.95. The Morgan fingerprint density at radius 2 is 2.17 bits per heavy atom. The van der Waals surface area contributed by atoms with Crippen molar-refractivity contribution >= 4 is 11.9 Å². The molecular formula is C8H13NO3. The summed E-state index contributed by atoms with van der Waals surface area (Å²) in [6, 6.07) is -0.669. The molecule has 0 saturated carbocycles. The van der Waals surface area contributed by atoms with E-state index in [1.165, 1.54) is 0 Å². The minimum Gasteiger partial charge on any atom is -0.480 e. The molecule has 1 aliphatic rings. The molecule has 0 radical (unpaired) electrons. The summed E-state index contributed by atoms with van der Waals surface area (Å²) in [7, 11) is 0. The number of carboxylic acid groups (broad SMARTS) is 1. The second-order valence-corrected chi connectivity index (χ2v) is 3.06. The summed E-state index contributed by atoms with van der Waals surface area (Å²) >= 11 is 0. The smallest absolute Gasteiger partial charge is 0.326 e. The first-order valence-corrected chi connectivity index (χ1v) is 4.22. The first-order chi connectivity index (χ1) is 5.70. The molecule has 0 bridgehead atoms. The molecule has 1 saturated heterocycles. The Bertz CT molecular complexity index is 191. The van der Waals surface area contributed by atoms with E-state index in [-0.39, 0.29) is 5.91 Å². The first-order valence-electron chi connectivity index (χ1n) is 4.22. The number of amides is 1. The number of aliphatic carboxylic acids is 1. The quantitative estimate of drug-likeness (QED) is 0.604. The Hall–Kier alpha value is -1.06. The standard InChI is InChI=1S/C8H13NO3/c10-7-5-3-1-2-4-6(9-7)8(11)12/h6H,1-5H2,(H,9,10)(H,11,12). The van der Waals surface area contributed by atoms with Crippen molar-refractivity contribution in [3.63, 3.8) is 0 Å². The summed E-state index contributed by atoms with van der Waals surface area (Å²) in [5.74, 6) is -1.06. The van der Waals surface area contributed by atoms with Gasteiger partial charge >= 0.3 is 5.97 Å². The van der Waals surface area contributed by atoms with E-state index < -0.39 is 12.0 Å². The van der Waals surface area contributed by atoms with Crippen LogP contribution in [0.2, 0.25) is 0 Å². The van der Waals surface area contributed by atoms with Crippen molar-refractivity contribution in [1.29, 1.82) is 0 Å². The first kappa shape index (κ1) is 9.03. The van der Waals surface area contributed by atoms with E-state index >= 15 is 0 Å². The fourth-order valence-electron chi connectivity index (χ4n) is 1.33. The topological polar surface area (TPSA) is 66.4 Å². The molecule has 4 heteroatoms. The van der Waals surface area contributed by atoms with Crippen LogP contribution in [0.15, 0.2) is 0 Å². The van der Waals surface area contributed by atoms with Crippen molar-refractivity contribution in [1.82, 2.24) is 5.32 Å². The zero-order valence-corrected chi connectivity index (χ0v) is 6.88. The van der Waals surface area contributed by atoms with Gasteiger partial charge in [-0.1, -0.05) is 12.8 Å². The maximum atomic E-state index is 11.0. The average molecular weight is 171 g/mol. The molecule has 0 spiro atoms. The Labute approximate surface area is 71.0 Å². The lowest BCUT2D eigenvalue weighted by Crippen LogP contribution is -2.41. The maximum Gasteiger partial charge on any atom is 0.326 e. The third-order valence-electron chi connectivity index (χ3n) is 2.03. The summed E-state index contributed by atoms with van der Waals surface area (Å²) in [5.41, 5.74) is 0. The largest absolute Gasteiger partial charge is 0.480 e. The van der Waals surface area contributed by atoms with Gasteiger partial charge in [0.05, 0.1) is 0 Å². The van der Waals surface area contributed by atoms with Crippen molar-refractivity contribution in [2.75, 3.05) is 0 Å². The highest BCUT2D eigenvalue weighted by atomic mass is 16.4. The molecule has 0 aromatic rings. The summed E-state index contributed by atoms with van der Waals surface area (Å²) in [4.78, 5) is 21.5. The van der Waals surface area contributed by atoms with Crippen LogP contribution in [0.3, 0.4) is 0 Å². The van der Waals surface area contributed by atoms with Crippen LogP contribution in [0.4, 0.5) is 0 Å². The van der Waals surface area contributed by atoms with Crippen LogP contribution in [-0.4, -0.2) is 23.0 Å². The number of carbonyl (C=O) groups is 2. The molecule has 68 valence electrons. The summed E-state index contributed by atoms with van der Waals surface area (Å²) in [6.45, 7) is 0. The Morgan fingerprint density at radius 1 is 1.42 bits per heavy atom. The summed E-state index contributed by atoms with van der Waals surface area (Å²) in [6.07, 6.45) is 3.73. The van der Waals surface area contributed by atoms with Gasteiger partial charge in [-0.05, 0) is 12.8 Å². The van der Waals surface area contributed by atoms with Gasteiger partial charge in [-0.15, -0.1) is 0 Å². The molecule has 1 amide bonds. The highest BCUT2D eigenvalue weighted by molar-refractivity contribution is 5.83. The van der Waals surface area contributed by atoms with Gasteiger partial charge in [0.1, 0.15) is 6.04 Å². The predicted molar refractivity (Wildman–Crippen MR) is 42.7 cm³/mol. The number of carbonyl (C=O) groups excluding carboxylic acids is 1. The third-order valence-corrected chi connectivity index (χ3v) is 2.03. The zero-order valence-electron chi connectivity index (χ0n) is 6.88. The van der Waals surface area contributed by atoms with Crippen LogP contribution in [0.25, 0.3) is 0 Å². The molecule has 0 aliphatic carbocycles. The van der Waals surface area contributed by atoms with Crippen molar-refractivity contribution in [2.24, 2.45) is 0 Å². The predicted octanol–water partition coefficient (Wildman–Crippen LogP) is 0.520. The molecule has 0 aromatic carbocycles. The van der Waals surface area contributed by atoms with Gasteiger partial charge in [0.2, 0.25) is 5.91 Å². The van der Waals surface area contributed by atoms with E-state index in [0.717, 1.165) is 19.3 Å². The van der Waals surface area contributed by atoms with Crippen LogP contribution >= 0.6 is 0 Å². The second-order valence-electron chi connectivity index (χ2n) is 3.06. The third kappa shape index (κ3) is 2.53. The molecule has 2 N–H and O–H groups in total. The fraction of sp³-hybridized carbons (Fsp3) is 0.750. The molecule has 0 aromatic heterocycles. The highest BCUT2D eigenvalue weighted by Gasteiger charge is 2.20. The van der Waals surface area contributed by atoms with Crippen LogP contribution in [0.5, 0.6) is 0 Å². The molecule has 1 fully saturated rings. The van der Waals surface area contributed by atoms with Gasteiger partial charge in [-0.2, -0.15) is 0 Å². The van der Waals surface area contributed by atoms with Gasteiger partial charge in [0.15, 0.2) is 0 Å². The van der Waals surface area contributed by atoms with E-state index in [2.05, 4.69) is 5.32 Å². The maximum absolute atomic E-state index is 11.0. The molecular weight excluding hydrogens is 158 g/mol. The Balaban J connectivity index is 2.49. The van der Waals surface area contributed by atoms with Crippen LogP contribution < -0.4 is 5.32 Å². The molecule has 1 unspecified atom stereocenters. The molecule has 1 heterocycles. The normalized spacial score (nSPS) is 25.3. The minimum atomic E-state index is -0.926. The van der Waals surface area contributed by atoms with Gasteiger partial charge in [0.25, 0.3) is 0 Å². The molecule has 1 rings (SSSR count). The monoisotopic (exact) mass is 171 g/mol. The zero-order chi connectivity index (χ0) is 8.97. The van der Waals surface area contributed by atoms with Crippen LogP contribution in [0.1, 0.15) is 32.1 Å². The number of rotatable bonds is 1. The molecule has 4 nitrogen and oxygen atoms in total. The van der Waals surface area contributed by atoms with Crippen molar-refractivity contribution in [3.05, 3.63) is 0 Å². The van der Waals surface area contributed by atoms with E-state index in [1.54, 1.807) is 0 Å². The van der Waals surface area contributed by atoms with E-state index in [9.17, 15) is 9.59 Å². The summed E-state index contributed by atoms with van der Waals surface area (Å²) < 4.78 is 0. The molecule has 1 aliphatic heterocycles. The van der Waals surface area contributed by atoms with Crippen molar-refractivity contribution in [3.8, 4) is 0 Å². The number of nitrogens with one attached hydrogen (secondary N) is 1. The van der Waals surface area contributed by atoms with Crippen molar-refractivity contribution < 1.29 is 14.7 Å². The van der Waals surface area contributed by atoms with Gasteiger partial charge < -0.3 is 10.4 Å². The lowest BCUT2D eigenvalue weighted by Gasteiger charge is -2.16. The molecule has 12 heavy (non-hydrogen) atoms. The minimum absolute atomic E-state index is 0.137. The summed E-state index contributed by atoms with van der Waals surface area (Å²) in [5, 5.41) is 11.1. The Kier molecular flexibility index (Phi) is 3.08. The highest BCUT2D eigenvalue weighted by Crippen LogP contribution is 2.09. The van der Waals surface area contributed by atoms with E-state index in [4.69, 9.17) is 5.11 Å². The van der Waals surface area contributed by atoms with Gasteiger partial charge in [-0.25, -0.2) is 4.79 Å². The number of carboxylic acids is 1. The van der Waals surface area contributed by atoms with Crippen LogP contribution in [-0.2, 0) is 9.59 Å². The van der Waals surface area contributed by atoms with E-state index in [0.29, 0.717) is 12.8 Å². The number of hydrogen-bond donors (Lipinski definition) is 2. The second kappa shape index (κ2) is 4.09. The van der Waals surface area contributed by atoms with Crippen LogP contribution in [0, 0.1) is 0 Å². The molecule has 1 atom stereocenters.